The van der Waals surface area contributed by atoms with Gasteiger partial charge in [0.2, 0.25) is 0 Å². The molecule has 1 N–H and O–H groups in total. The molecule has 3 rings (SSSR count). The Balaban J connectivity index is 2.06. The Labute approximate surface area is 225 Å². The third-order valence-corrected chi connectivity index (χ3v) is 6.61. The maximum atomic E-state index is 13.4. The van der Waals surface area contributed by atoms with Crippen molar-refractivity contribution in [1.29, 1.82) is 0 Å². The number of aliphatic hydroxyl groups excluding tert-OH is 1. The number of amides is 1. The molecular formula is C30H40N2O6. The molecule has 2 aromatic rings. The summed E-state index contributed by atoms with van der Waals surface area (Å²) >= 11 is 0. The number of ether oxygens (including phenoxy) is 3. The lowest BCUT2D eigenvalue weighted by atomic mass is 9.95. The molecule has 8 nitrogen and oxygen atoms in total. The summed E-state index contributed by atoms with van der Waals surface area (Å²) < 4.78 is 16.9. The second-order valence-corrected chi connectivity index (χ2v) is 9.41. The van der Waals surface area contributed by atoms with Gasteiger partial charge in [0.25, 0.3) is 11.7 Å². The van der Waals surface area contributed by atoms with Gasteiger partial charge < -0.3 is 29.1 Å². The molecule has 38 heavy (non-hydrogen) atoms. The fraction of sp³-hybridized carbons (Fsp3) is 0.467. The van der Waals surface area contributed by atoms with Gasteiger partial charge in [0.15, 0.2) is 11.5 Å². The predicted molar refractivity (Wildman–Crippen MR) is 148 cm³/mol. The van der Waals surface area contributed by atoms with Crippen LogP contribution in [0.15, 0.2) is 48.0 Å². The minimum Gasteiger partial charge on any atom is -0.507 e. The number of hydrogen-bond acceptors (Lipinski definition) is 7. The van der Waals surface area contributed by atoms with Crippen molar-refractivity contribution in [3.63, 3.8) is 0 Å². The van der Waals surface area contributed by atoms with E-state index in [1.165, 1.54) is 0 Å². The Hall–Kier alpha value is -3.52. The molecule has 0 radical (unpaired) electrons. The highest BCUT2D eigenvalue weighted by atomic mass is 16.5. The second kappa shape index (κ2) is 13.3. The molecule has 1 unspecified atom stereocenters. The molecule has 206 valence electrons. The first kappa shape index (κ1) is 29.0. The summed E-state index contributed by atoms with van der Waals surface area (Å²) in [6, 6.07) is 11.5. The Morgan fingerprint density at radius 1 is 1.03 bits per heavy atom. The van der Waals surface area contributed by atoms with Crippen LogP contribution in [0.1, 0.15) is 58.2 Å². The van der Waals surface area contributed by atoms with Crippen LogP contribution >= 0.6 is 0 Å². The molecule has 0 aliphatic carbocycles. The van der Waals surface area contributed by atoms with Gasteiger partial charge in [-0.2, -0.15) is 0 Å². The van der Waals surface area contributed by atoms with Gasteiger partial charge in [0.05, 0.1) is 31.4 Å². The molecule has 1 saturated heterocycles. The highest BCUT2D eigenvalue weighted by Crippen LogP contribution is 2.42. The number of aliphatic hydroxyl groups is 1. The first-order chi connectivity index (χ1) is 18.2. The molecule has 1 fully saturated rings. The number of hydrogen-bond donors (Lipinski definition) is 1. The molecular weight excluding hydrogens is 484 g/mol. The average molecular weight is 525 g/mol. The van der Waals surface area contributed by atoms with Crippen molar-refractivity contribution in [1.82, 2.24) is 9.80 Å². The summed E-state index contributed by atoms with van der Waals surface area (Å²) in [5.41, 5.74) is 1.15. The van der Waals surface area contributed by atoms with Crippen LogP contribution in [0.4, 0.5) is 0 Å². The number of benzene rings is 2. The number of carbonyl (C=O) groups is 2. The summed E-state index contributed by atoms with van der Waals surface area (Å²) in [6.07, 6.45) is 0.700. The summed E-state index contributed by atoms with van der Waals surface area (Å²) in [4.78, 5) is 30.5. The first-order valence-corrected chi connectivity index (χ1v) is 13.3. The van der Waals surface area contributed by atoms with E-state index in [0.29, 0.717) is 47.9 Å². The highest BCUT2D eigenvalue weighted by Gasteiger charge is 2.46. The Kier molecular flexibility index (Phi) is 10.2. The van der Waals surface area contributed by atoms with E-state index >= 15 is 0 Å². The van der Waals surface area contributed by atoms with E-state index in [2.05, 4.69) is 18.7 Å². The number of ketones is 1. The number of likely N-dealkylation sites (tertiary alicyclic amines) is 1. The van der Waals surface area contributed by atoms with Crippen LogP contribution in [-0.4, -0.2) is 72.6 Å². The van der Waals surface area contributed by atoms with E-state index in [9.17, 15) is 14.7 Å². The summed E-state index contributed by atoms with van der Waals surface area (Å²) in [6.45, 7) is 13.4. The van der Waals surface area contributed by atoms with Gasteiger partial charge in [-0.15, -0.1) is 0 Å². The van der Waals surface area contributed by atoms with Gasteiger partial charge >= 0.3 is 0 Å². The van der Waals surface area contributed by atoms with E-state index in [1.54, 1.807) is 48.4 Å². The van der Waals surface area contributed by atoms with Crippen LogP contribution < -0.4 is 14.2 Å². The largest absolute Gasteiger partial charge is 0.507 e. The average Bonchev–Trinajstić information content (AvgIpc) is 3.16. The number of methoxy groups -OCH3 is 1. The van der Waals surface area contributed by atoms with E-state index in [4.69, 9.17) is 14.2 Å². The van der Waals surface area contributed by atoms with Crippen molar-refractivity contribution in [2.45, 2.75) is 53.2 Å². The third-order valence-electron chi connectivity index (χ3n) is 6.61. The van der Waals surface area contributed by atoms with Crippen molar-refractivity contribution >= 4 is 17.4 Å². The molecule has 1 amide bonds. The quantitative estimate of drug-likeness (QED) is 0.223. The smallest absolute Gasteiger partial charge is 0.295 e. The number of Topliss-reactive ketones (excluding diaryl/α,β-unsaturated/α-hetero) is 1. The van der Waals surface area contributed by atoms with Gasteiger partial charge in [-0.1, -0.05) is 19.9 Å². The third kappa shape index (κ3) is 6.48. The minimum atomic E-state index is -0.761. The normalized spacial score (nSPS) is 16.9. The topological polar surface area (TPSA) is 88.5 Å². The number of nitrogens with zero attached hydrogens (tertiary/aromatic N) is 2. The first-order valence-electron chi connectivity index (χ1n) is 13.3. The molecule has 1 atom stereocenters. The summed E-state index contributed by atoms with van der Waals surface area (Å²) in [5.74, 6) is 0.172. The molecule has 0 spiro atoms. The van der Waals surface area contributed by atoms with Crippen molar-refractivity contribution in [3.8, 4) is 17.2 Å². The van der Waals surface area contributed by atoms with Crippen LogP contribution in [0.25, 0.3) is 5.76 Å². The fourth-order valence-corrected chi connectivity index (χ4v) is 4.71. The van der Waals surface area contributed by atoms with Gasteiger partial charge in [-0.25, -0.2) is 0 Å². The van der Waals surface area contributed by atoms with Gasteiger partial charge in [0, 0.05) is 12.1 Å². The predicted octanol–water partition coefficient (Wildman–Crippen LogP) is 5.03. The molecule has 1 heterocycles. The summed E-state index contributed by atoms with van der Waals surface area (Å²) in [5, 5.41) is 11.4. The van der Waals surface area contributed by atoms with Crippen LogP contribution in [0.2, 0.25) is 0 Å². The zero-order valence-corrected chi connectivity index (χ0v) is 23.3. The van der Waals surface area contributed by atoms with Gasteiger partial charge in [-0.3, -0.25) is 9.59 Å². The van der Waals surface area contributed by atoms with E-state index < -0.39 is 17.7 Å². The lowest BCUT2D eigenvalue weighted by Gasteiger charge is -2.27. The molecule has 0 aromatic heterocycles. The molecule has 0 bridgehead atoms. The van der Waals surface area contributed by atoms with Crippen LogP contribution in [0, 0.1) is 0 Å². The fourth-order valence-electron chi connectivity index (χ4n) is 4.71. The molecule has 8 heteroatoms. The maximum absolute atomic E-state index is 13.4. The van der Waals surface area contributed by atoms with Crippen LogP contribution in [-0.2, 0) is 9.59 Å². The molecule has 1 aliphatic heterocycles. The number of rotatable bonds is 13. The monoisotopic (exact) mass is 524 g/mol. The van der Waals surface area contributed by atoms with Crippen molar-refractivity contribution in [3.05, 3.63) is 59.2 Å². The lowest BCUT2D eigenvalue weighted by Crippen LogP contribution is -2.33. The second-order valence-electron chi connectivity index (χ2n) is 9.41. The molecule has 0 saturated carbocycles. The zero-order valence-electron chi connectivity index (χ0n) is 23.3. The van der Waals surface area contributed by atoms with Crippen molar-refractivity contribution < 1.29 is 28.9 Å². The Morgan fingerprint density at radius 3 is 2.29 bits per heavy atom. The van der Waals surface area contributed by atoms with Crippen LogP contribution in [0.3, 0.4) is 0 Å². The van der Waals surface area contributed by atoms with Crippen molar-refractivity contribution in [2.24, 2.45) is 0 Å². The molecule has 1 aliphatic rings. The van der Waals surface area contributed by atoms with Gasteiger partial charge in [-0.05, 0) is 88.8 Å². The summed E-state index contributed by atoms with van der Waals surface area (Å²) in [7, 11) is 1.55. The Morgan fingerprint density at radius 2 is 1.71 bits per heavy atom. The van der Waals surface area contributed by atoms with E-state index in [-0.39, 0.29) is 17.4 Å². The van der Waals surface area contributed by atoms with Gasteiger partial charge in [0.1, 0.15) is 11.5 Å². The maximum Gasteiger partial charge on any atom is 0.295 e. The Bertz CT molecular complexity index is 1140. The number of carbonyl (C=O) groups excluding carboxylic acids is 2. The SMILES string of the molecule is CCOc1ccc(C2/C(=C(/O)c3ccc(OC(C)C)cc3)C(=O)C(=O)N2CCCN(CC)CC)cc1OC. The lowest BCUT2D eigenvalue weighted by molar-refractivity contribution is -0.140. The van der Waals surface area contributed by atoms with E-state index in [0.717, 1.165) is 19.6 Å². The highest BCUT2D eigenvalue weighted by molar-refractivity contribution is 6.46. The van der Waals surface area contributed by atoms with E-state index in [1.807, 2.05) is 26.8 Å². The minimum absolute atomic E-state index is 0.00533. The molecule has 2 aromatic carbocycles. The van der Waals surface area contributed by atoms with Crippen LogP contribution in [0.5, 0.6) is 17.2 Å². The standard InChI is InChI=1S/C30H40N2O6/c1-7-31(8-2)17-10-18-32-27(22-13-16-24(37-9-3)25(19-22)36-6)26(29(34)30(32)35)28(33)21-11-14-23(15-12-21)38-20(4)5/h11-16,19-20,27,33H,7-10,17-18H2,1-6H3/b28-26-. The van der Waals surface area contributed by atoms with Crippen molar-refractivity contribution in [2.75, 3.05) is 39.9 Å². The zero-order chi connectivity index (χ0) is 27.8.